The Morgan fingerprint density at radius 1 is 1.32 bits per heavy atom. The number of ether oxygens (including phenoxy) is 1. The van der Waals surface area contributed by atoms with Gasteiger partial charge in [0.2, 0.25) is 5.91 Å². The molecule has 8 nitrogen and oxygen atoms in total. The molecule has 8 heteroatoms. The number of aromatic nitrogens is 3. The molecule has 4 heterocycles. The van der Waals surface area contributed by atoms with Gasteiger partial charge in [-0.05, 0) is 45.2 Å². The highest BCUT2D eigenvalue weighted by molar-refractivity contribution is 5.99. The van der Waals surface area contributed by atoms with Gasteiger partial charge in [-0.3, -0.25) is 9.78 Å². The first-order valence-electron chi connectivity index (χ1n) is 9.63. The van der Waals surface area contributed by atoms with Crippen LogP contribution < -0.4 is 10.2 Å². The molecule has 2 N–H and O–H groups in total. The number of nitrogens with zero attached hydrogens (tertiary/aromatic N) is 4. The topological polar surface area (TPSA) is 100 Å². The lowest BCUT2D eigenvalue weighted by molar-refractivity contribution is -0.115. The molecule has 2 aliphatic heterocycles. The lowest BCUT2D eigenvalue weighted by atomic mass is 10.0. The van der Waals surface area contributed by atoms with Crippen molar-refractivity contribution in [3.8, 4) is 11.3 Å². The van der Waals surface area contributed by atoms with E-state index < -0.39 is 5.60 Å². The number of hydrogen-bond acceptors (Lipinski definition) is 7. The number of carbonyl (C=O) groups excluding carboxylic acids is 1. The Kier molecular flexibility index (Phi) is 4.99. The summed E-state index contributed by atoms with van der Waals surface area (Å²) in [6, 6.07) is 3.66. The molecule has 0 aliphatic carbocycles. The average Bonchev–Trinajstić information content (AvgIpc) is 3.19. The molecular weight excluding hydrogens is 358 g/mol. The van der Waals surface area contributed by atoms with Gasteiger partial charge in [-0.1, -0.05) is 0 Å². The highest BCUT2D eigenvalue weighted by atomic mass is 16.5. The molecule has 4 rings (SSSR count). The Bertz CT molecular complexity index is 857. The molecule has 148 valence electrons. The fourth-order valence-electron chi connectivity index (χ4n) is 3.51. The second-order valence-corrected chi connectivity index (χ2v) is 7.81. The van der Waals surface area contributed by atoms with E-state index in [1.165, 1.54) is 0 Å². The minimum absolute atomic E-state index is 0.0851. The van der Waals surface area contributed by atoms with Crippen LogP contribution in [0.1, 0.15) is 38.8 Å². The Morgan fingerprint density at radius 3 is 2.86 bits per heavy atom. The van der Waals surface area contributed by atoms with Gasteiger partial charge in [0.25, 0.3) is 0 Å². The normalized spacial score (nSPS) is 19.5. The predicted molar refractivity (Wildman–Crippen MR) is 105 cm³/mol. The van der Waals surface area contributed by atoms with Crippen molar-refractivity contribution in [2.24, 2.45) is 0 Å². The summed E-state index contributed by atoms with van der Waals surface area (Å²) in [5.41, 5.74) is 1.07. The third-order valence-electron chi connectivity index (χ3n) is 5.08. The lowest BCUT2D eigenvalue weighted by Gasteiger charge is -2.30. The van der Waals surface area contributed by atoms with Crippen LogP contribution in [0.3, 0.4) is 0 Å². The Hall–Kier alpha value is -2.58. The van der Waals surface area contributed by atoms with Gasteiger partial charge >= 0.3 is 0 Å². The molecule has 0 spiro atoms. The minimum atomic E-state index is -0.997. The molecule has 2 aromatic rings. The second-order valence-electron chi connectivity index (χ2n) is 7.81. The van der Waals surface area contributed by atoms with E-state index in [2.05, 4.69) is 15.3 Å². The van der Waals surface area contributed by atoms with Gasteiger partial charge in [0.15, 0.2) is 11.6 Å². The second kappa shape index (κ2) is 7.44. The molecular formula is C20H25N5O3. The van der Waals surface area contributed by atoms with E-state index in [1.54, 1.807) is 32.3 Å². The zero-order valence-corrected chi connectivity index (χ0v) is 16.2. The maximum atomic E-state index is 12.0. The highest BCUT2D eigenvalue weighted by Gasteiger charge is 2.27. The summed E-state index contributed by atoms with van der Waals surface area (Å²) < 4.78 is 5.70. The first kappa shape index (κ1) is 18.8. The number of nitrogens with one attached hydrogen (secondary N) is 1. The van der Waals surface area contributed by atoms with Crippen molar-refractivity contribution in [3.63, 3.8) is 0 Å². The number of hydrogen-bond donors (Lipinski definition) is 2. The van der Waals surface area contributed by atoms with Gasteiger partial charge in [-0.2, -0.15) is 0 Å². The highest BCUT2D eigenvalue weighted by Crippen LogP contribution is 2.29. The van der Waals surface area contributed by atoms with Crippen molar-refractivity contribution in [2.75, 3.05) is 29.9 Å². The third kappa shape index (κ3) is 3.98. The maximum absolute atomic E-state index is 12.0. The number of pyridine rings is 1. The van der Waals surface area contributed by atoms with Crippen LogP contribution in [-0.2, 0) is 15.1 Å². The first-order chi connectivity index (χ1) is 13.4. The molecule has 1 fully saturated rings. The minimum Gasteiger partial charge on any atom is -0.384 e. The van der Waals surface area contributed by atoms with Gasteiger partial charge in [0.1, 0.15) is 5.60 Å². The zero-order chi connectivity index (χ0) is 19.7. The van der Waals surface area contributed by atoms with E-state index in [4.69, 9.17) is 9.72 Å². The summed E-state index contributed by atoms with van der Waals surface area (Å²) in [6.45, 7) is 5.16. The summed E-state index contributed by atoms with van der Waals surface area (Å²) in [7, 11) is 0. The lowest BCUT2D eigenvalue weighted by Crippen LogP contribution is -2.40. The van der Waals surface area contributed by atoms with Crippen LogP contribution in [0.15, 0.2) is 24.5 Å². The smallest absolute Gasteiger partial charge is 0.245 e. The number of amides is 1. The molecule has 0 bridgehead atoms. The summed E-state index contributed by atoms with van der Waals surface area (Å²) in [6.07, 6.45) is 6.59. The zero-order valence-electron chi connectivity index (χ0n) is 16.2. The van der Waals surface area contributed by atoms with E-state index in [0.717, 1.165) is 31.4 Å². The van der Waals surface area contributed by atoms with Crippen LogP contribution in [0, 0.1) is 0 Å². The van der Waals surface area contributed by atoms with Crippen molar-refractivity contribution in [1.82, 2.24) is 15.0 Å². The van der Waals surface area contributed by atoms with Crippen molar-refractivity contribution >= 4 is 17.5 Å². The molecule has 28 heavy (non-hydrogen) atoms. The van der Waals surface area contributed by atoms with Gasteiger partial charge in [0.05, 0.1) is 30.2 Å². The van der Waals surface area contributed by atoms with Crippen LogP contribution in [0.2, 0.25) is 0 Å². The quantitative estimate of drug-likeness (QED) is 0.815. The molecule has 2 aromatic heterocycles. The summed E-state index contributed by atoms with van der Waals surface area (Å²) in [5, 5.41) is 12.9. The van der Waals surface area contributed by atoms with E-state index >= 15 is 0 Å². The van der Waals surface area contributed by atoms with Crippen LogP contribution >= 0.6 is 0 Å². The molecule has 1 saturated heterocycles. The fraction of sp³-hybridized carbons (Fsp3) is 0.500. The van der Waals surface area contributed by atoms with Crippen LogP contribution in [-0.4, -0.2) is 51.8 Å². The first-order valence-corrected chi connectivity index (χ1v) is 9.63. The largest absolute Gasteiger partial charge is 0.384 e. The number of rotatable bonds is 5. The van der Waals surface area contributed by atoms with E-state index in [1.807, 2.05) is 11.0 Å². The molecule has 1 atom stereocenters. The molecule has 0 radical (unpaired) electrons. The Morgan fingerprint density at radius 2 is 2.18 bits per heavy atom. The van der Waals surface area contributed by atoms with Gasteiger partial charge < -0.3 is 20.1 Å². The number of fused-ring (bicyclic) bond motifs is 1. The van der Waals surface area contributed by atoms with Crippen LogP contribution in [0.5, 0.6) is 0 Å². The number of aliphatic hydroxyl groups is 1. The van der Waals surface area contributed by atoms with Crippen molar-refractivity contribution in [2.45, 2.75) is 44.8 Å². The molecule has 0 unspecified atom stereocenters. The fourth-order valence-corrected chi connectivity index (χ4v) is 3.51. The summed E-state index contributed by atoms with van der Waals surface area (Å²) >= 11 is 0. The Labute approximate surface area is 164 Å². The number of anilines is 2. The van der Waals surface area contributed by atoms with Crippen molar-refractivity contribution < 1.29 is 14.6 Å². The molecule has 2 aliphatic rings. The van der Waals surface area contributed by atoms with E-state index in [-0.39, 0.29) is 18.6 Å². The van der Waals surface area contributed by atoms with Crippen LogP contribution in [0.4, 0.5) is 11.6 Å². The summed E-state index contributed by atoms with van der Waals surface area (Å²) in [5.74, 6) is 1.06. The van der Waals surface area contributed by atoms with Gasteiger partial charge in [-0.15, -0.1) is 0 Å². The molecule has 0 aromatic carbocycles. The van der Waals surface area contributed by atoms with E-state index in [0.29, 0.717) is 29.6 Å². The van der Waals surface area contributed by atoms with Crippen molar-refractivity contribution in [3.05, 3.63) is 30.2 Å². The van der Waals surface area contributed by atoms with Gasteiger partial charge in [0, 0.05) is 24.9 Å². The molecule has 0 saturated carbocycles. The standard InChI is InChI=1S/C20H25N5O3/c1-20(2,27)16-6-5-13(10-21-16)15-11-22-18-19(23-15)25(12-17(26)24-18)8-7-14-4-3-9-28-14/h5-6,10-11,14,27H,3-4,7-9,12H2,1-2H3,(H,22,24,26)/t14-/m1/s1. The predicted octanol–water partition coefficient (Wildman–Crippen LogP) is 2.09. The number of carbonyl (C=O) groups is 1. The van der Waals surface area contributed by atoms with Crippen molar-refractivity contribution in [1.29, 1.82) is 0 Å². The summed E-state index contributed by atoms with van der Waals surface area (Å²) in [4.78, 5) is 27.5. The Balaban J connectivity index is 1.58. The molecule has 1 amide bonds. The average molecular weight is 383 g/mol. The third-order valence-corrected chi connectivity index (χ3v) is 5.08. The monoisotopic (exact) mass is 383 g/mol. The SMILES string of the molecule is CC(C)(O)c1ccc(-c2cnc3c(n2)N(CC[C@H]2CCCO2)CC(=O)N3)cn1. The maximum Gasteiger partial charge on any atom is 0.245 e. The van der Waals surface area contributed by atoms with Gasteiger partial charge in [-0.25, -0.2) is 9.97 Å². The van der Waals surface area contributed by atoms with Crippen LogP contribution in [0.25, 0.3) is 11.3 Å². The van der Waals surface area contributed by atoms with E-state index in [9.17, 15) is 9.90 Å².